The van der Waals surface area contributed by atoms with Gasteiger partial charge in [0.15, 0.2) is 0 Å². The number of nitrogens with zero attached hydrogens (tertiary/aromatic N) is 1. The Morgan fingerprint density at radius 1 is 1.46 bits per heavy atom. The molecule has 0 bridgehead atoms. The minimum Gasteiger partial charge on any atom is -0.481 e. The van der Waals surface area contributed by atoms with Gasteiger partial charge in [-0.2, -0.15) is 0 Å². The van der Waals surface area contributed by atoms with Gasteiger partial charge in [0.2, 0.25) is 0 Å². The van der Waals surface area contributed by atoms with Gasteiger partial charge in [0, 0.05) is 26.8 Å². The predicted octanol–water partition coefficient (Wildman–Crippen LogP) is 0.820. The highest BCUT2D eigenvalue weighted by Gasteiger charge is 2.04. The fraction of sp³-hybridized carbons (Fsp3) is 0.889. The largest absolute Gasteiger partial charge is 0.481 e. The molecule has 0 aromatic rings. The molecule has 4 heteroatoms. The highest BCUT2D eigenvalue weighted by atomic mass is 16.5. The summed E-state index contributed by atoms with van der Waals surface area (Å²) in [6.07, 6.45) is 1.19. The molecule has 13 heavy (non-hydrogen) atoms. The van der Waals surface area contributed by atoms with E-state index in [4.69, 9.17) is 9.84 Å². The first-order valence-electron chi connectivity index (χ1n) is 4.63. The number of carboxylic acids is 1. The van der Waals surface area contributed by atoms with Crippen molar-refractivity contribution < 1.29 is 14.6 Å². The molecule has 0 aliphatic rings. The molecule has 0 heterocycles. The molecule has 0 rings (SSSR count). The monoisotopic (exact) mass is 189 g/mol. The van der Waals surface area contributed by atoms with E-state index in [1.54, 1.807) is 7.11 Å². The molecule has 0 aromatic carbocycles. The quantitative estimate of drug-likeness (QED) is 0.574. The van der Waals surface area contributed by atoms with Crippen LogP contribution >= 0.6 is 0 Å². The molecule has 0 spiro atoms. The zero-order valence-electron chi connectivity index (χ0n) is 8.45. The molecule has 0 aromatic heterocycles. The minimum absolute atomic E-state index is 0.223. The summed E-state index contributed by atoms with van der Waals surface area (Å²) in [4.78, 5) is 12.4. The molecule has 0 saturated heterocycles. The standard InChI is InChI=1S/C9H19NO3/c1-3-10(6-4-8-13-2)7-5-9(11)12/h3-8H2,1-2H3,(H,11,12). The molecule has 0 atom stereocenters. The zero-order chi connectivity index (χ0) is 10.1. The Hall–Kier alpha value is -0.610. The zero-order valence-corrected chi connectivity index (χ0v) is 8.45. The molecule has 0 aliphatic heterocycles. The maximum Gasteiger partial charge on any atom is 0.304 e. The van der Waals surface area contributed by atoms with Crippen LogP contribution in [-0.2, 0) is 9.53 Å². The molecular formula is C9H19NO3. The van der Waals surface area contributed by atoms with Crippen molar-refractivity contribution in [3.63, 3.8) is 0 Å². The van der Waals surface area contributed by atoms with Gasteiger partial charge in [0.05, 0.1) is 6.42 Å². The number of hydrogen-bond donors (Lipinski definition) is 1. The summed E-state index contributed by atoms with van der Waals surface area (Å²) in [6, 6.07) is 0. The number of rotatable bonds is 8. The van der Waals surface area contributed by atoms with Gasteiger partial charge < -0.3 is 14.7 Å². The second-order valence-corrected chi connectivity index (χ2v) is 2.92. The topological polar surface area (TPSA) is 49.8 Å². The Balaban J connectivity index is 3.45. The predicted molar refractivity (Wildman–Crippen MR) is 50.9 cm³/mol. The fourth-order valence-corrected chi connectivity index (χ4v) is 1.11. The number of carbonyl (C=O) groups is 1. The van der Waals surface area contributed by atoms with Gasteiger partial charge in [0.25, 0.3) is 0 Å². The smallest absolute Gasteiger partial charge is 0.304 e. The molecule has 0 unspecified atom stereocenters. The van der Waals surface area contributed by atoms with E-state index < -0.39 is 5.97 Å². The SMILES string of the molecule is CCN(CCCOC)CCC(=O)O. The van der Waals surface area contributed by atoms with Crippen LogP contribution in [-0.4, -0.2) is 49.3 Å². The maximum atomic E-state index is 10.3. The summed E-state index contributed by atoms with van der Waals surface area (Å²) >= 11 is 0. The van der Waals surface area contributed by atoms with E-state index in [0.717, 1.165) is 26.1 Å². The van der Waals surface area contributed by atoms with E-state index in [0.29, 0.717) is 6.54 Å². The van der Waals surface area contributed by atoms with Gasteiger partial charge in [-0.15, -0.1) is 0 Å². The summed E-state index contributed by atoms with van der Waals surface area (Å²) in [5.41, 5.74) is 0. The van der Waals surface area contributed by atoms with Crippen molar-refractivity contribution in [1.82, 2.24) is 4.90 Å². The molecule has 4 nitrogen and oxygen atoms in total. The van der Waals surface area contributed by atoms with Crippen molar-refractivity contribution in [3.8, 4) is 0 Å². The third-order valence-electron chi connectivity index (χ3n) is 1.91. The van der Waals surface area contributed by atoms with Crippen LogP contribution in [0.15, 0.2) is 0 Å². The molecular weight excluding hydrogens is 170 g/mol. The third-order valence-corrected chi connectivity index (χ3v) is 1.91. The fourth-order valence-electron chi connectivity index (χ4n) is 1.11. The Morgan fingerprint density at radius 3 is 2.62 bits per heavy atom. The van der Waals surface area contributed by atoms with Crippen molar-refractivity contribution in [2.24, 2.45) is 0 Å². The molecule has 78 valence electrons. The minimum atomic E-state index is -0.731. The van der Waals surface area contributed by atoms with E-state index in [-0.39, 0.29) is 6.42 Å². The van der Waals surface area contributed by atoms with Gasteiger partial charge in [-0.25, -0.2) is 0 Å². The maximum absolute atomic E-state index is 10.3. The normalized spacial score (nSPS) is 10.7. The van der Waals surface area contributed by atoms with Crippen LogP contribution < -0.4 is 0 Å². The lowest BCUT2D eigenvalue weighted by Gasteiger charge is -2.18. The van der Waals surface area contributed by atoms with Crippen LogP contribution in [0.3, 0.4) is 0 Å². The van der Waals surface area contributed by atoms with Crippen molar-refractivity contribution in [1.29, 1.82) is 0 Å². The lowest BCUT2D eigenvalue weighted by atomic mass is 10.3. The van der Waals surface area contributed by atoms with Crippen LogP contribution in [0.25, 0.3) is 0 Å². The van der Waals surface area contributed by atoms with Gasteiger partial charge in [0.1, 0.15) is 0 Å². The summed E-state index contributed by atoms with van der Waals surface area (Å²) in [6.45, 7) is 5.22. The van der Waals surface area contributed by atoms with E-state index in [9.17, 15) is 4.79 Å². The van der Waals surface area contributed by atoms with Gasteiger partial charge in [-0.3, -0.25) is 4.79 Å². The molecule has 0 fully saturated rings. The number of ether oxygens (including phenoxy) is 1. The molecule has 0 saturated carbocycles. The summed E-state index contributed by atoms with van der Waals surface area (Å²) in [5.74, 6) is -0.731. The van der Waals surface area contributed by atoms with Crippen LogP contribution in [0.5, 0.6) is 0 Å². The second-order valence-electron chi connectivity index (χ2n) is 2.92. The van der Waals surface area contributed by atoms with Gasteiger partial charge >= 0.3 is 5.97 Å². The van der Waals surface area contributed by atoms with Gasteiger partial charge in [-0.1, -0.05) is 6.92 Å². The van der Waals surface area contributed by atoms with Crippen LogP contribution in [0.1, 0.15) is 19.8 Å². The highest BCUT2D eigenvalue weighted by Crippen LogP contribution is 1.94. The van der Waals surface area contributed by atoms with Crippen molar-refractivity contribution in [3.05, 3.63) is 0 Å². The highest BCUT2D eigenvalue weighted by molar-refractivity contribution is 5.66. The average molecular weight is 189 g/mol. The molecule has 0 aliphatic carbocycles. The first-order valence-corrected chi connectivity index (χ1v) is 4.63. The van der Waals surface area contributed by atoms with Crippen molar-refractivity contribution in [2.75, 3.05) is 33.4 Å². The van der Waals surface area contributed by atoms with Crippen molar-refractivity contribution in [2.45, 2.75) is 19.8 Å². The summed E-state index contributed by atoms with van der Waals surface area (Å²) < 4.78 is 4.92. The molecule has 1 N–H and O–H groups in total. The van der Waals surface area contributed by atoms with E-state index in [2.05, 4.69) is 4.90 Å². The second kappa shape index (κ2) is 8.01. The number of methoxy groups -OCH3 is 1. The lowest BCUT2D eigenvalue weighted by molar-refractivity contribution is -0.137. The molecule has 0 radical (unpaired) electrons. The molecule has 0 amide bonds. The number of aliphatic carboxylic acids is 1. The van der Waals surface area contributed by atoms with Crippen LogP contribution in [0.2, 0.25) is 0 Å². The van der Waals surface area contributed by atoms with E-state index in [1.165, 1.54) is 0 Å². The Kier molecular flexibility index (Phi) is 7.63. The first kappa shape index (κ1) is 12.4. The Bertz CT molecular complexity index is 139. The van der Waals surface area contributed by atoms with Crippen LogP contribution in [0, 0.1) is 0 Å². The van der Waals surface area contributed by atoms with E-state index >= 15 is 0 Å². The Morgan fingerprint density at radius 2 is 2.15 bits per heavy atom. The first-order chi connectivity index (χ1) is 6.20. The van der Waals surface area contributed by atoms with E-state index in [1.807, 2.05) is 6.92 Å². The number of hydrogen-bond acceptors (Lipinski definition) is 3. The Labute approximate surface area is 79.5 Å². The number of carboxylic acid groups (broad SMARTS) is 1. The average Bonchev–Trinajstić information content (AvgIpc) is 2.10. The third kappa shape index (κ3) is 7.74. The van der Waals surface area contributed by atoms with Crippen LogP contribution in [0.4, 0.5) is 0 Å². The lowest BCUT2D eigenvalue weighted by Crippen LogP contribution is -2.27. The summed E-state index contributed by atoms with van der Waals surface area (Å²) in [7, 11) is 1.67. The van der Waals surface area contributed by atoms with Crippen molar-refractivity contribution >= 4 is 5.97 Å². The van der Waals surface area contributed by atoms with Gasteiger partial charge in [-0.05, 0) is 13.0 Å². The summed E-state index contributed by atoms with van der Waals surface area (Å²) in [5, 5.41) is 8.48.